The predicted molar refractivity (Wildman–Crippen MR) is 236 cm³/mol. The fraction of sp³-hybridized carbons (Fsp3) is 0.898. The van der Waals surface area contributed by atoms with Crippen molar-refractivity contribution in [2.45, 2.75) is 276 Å². The SMILES string of the molecule is CCCCCCCCCCC/C=C\C/C=C\CCCCCCCCCCC(O)C(=O)NC(CO)C(O)CCCCCCCCCCCCCCCCCC. The number of nitrogens with one attached hydrogen (secondary N) is 1. The molecule has 1 amide bonds. The summed E-state index contributed by atoms with van der Waals surface area (Å²) >= 11 is 0. The van der Waals surface area contributed by atoms with Gasteiger partial charge in [-0.2, -0.15) is 0 Å². The molecule has 0 heterocycles. The second-order valence-electron chi connectivity index (χ2n) is 16.7. The summed E-state index contributed by atoms with van der Waals surface area (Å²) in [5.74, 6) is -0.473. The molecule has 0 aromatic carbocycles. The summed E-state index contributed by atoms with van der Waals surface area (Å²) in [4.78, 5) is 12.5. The van der Waals surface area contributed by atoms with Crippen LogP contribution < -0.4 is 5.32 Å². The number of aliphatic hydroxyl groups excluding tert-OH is 3. The maximum absolute atomic E-state index is 12.5. The maximum Gasteiger partial charge on any atom is 0.249 e. The Morgan fingerprint density at radius 3 is 1.11 bits per heavy atom. The lowest BCUT2D eigenvalue weighted by Gasteiger charge is -2.23. The van der Waals surface area contributed by atoms with Crippen LogP contribution in [-0.2, 0) is 4.79 Å². The quantitative estimate of drug-likeness (QED) is 0.0368. The Morgan fingerprint density at radius 2 is 0.759 bits per heavy atom. The van der Waals surface area contributed by atoms with Crippen molar-refractivity contribution in [1.82, 2.24) is 5.32 Å². The fourth-order valence-corrected chi connectivity index (χ4v) is 7.52. The van der Waals surface area contributed by atoms with Crippen molar-refractivity contribution in [2.75, 3.05) is 6.61 Å². The van der Waals surface area contributed by atoms with Crippen molar-refractivity contribution in [1.29, 1.82) is 0 Å². The van der Waals surface area contributed by atoms with Crippen LogP contribution in [0.1, 0.15) is 258 Å². The van der Waals surface area contributed by atoms with Crippen molar-refractivity contribution in [3.63, 3.8) is 0 Å². The van der Waals surface area contributed by atoms with Gasteiger partial charge >= 0.3 is 0 Å². The molecule has 3 atom stereocenters. The van der Waals surface area contributed by atoms with E-state index in [1.807, 2.05) is 0 Å². The number of unbranched alkanes of at least 4 members (excludes halogenated alkanes) is 32. The Morgan fingerprint density at radius 1 is 0.444 bits per heavy atom. The molecular formula is C49H95NO4. The van der Waals surface area contributed by atoms with Crippen LogP contribution in [0.5, 0.6) is 0 Å². The summed E-state index contributed by atoms with van der Waals surface area (Å²) in [6.07, 6.45) is 54.7. The number of hydrogen-bond acceptors (Lipinski definition) is 4. The number of carbonyl (C=O) groups excluding carboxylic acids is 1. The van der Waals surface area contributed by atoms with E-state index in [1.165, 1.54) is 193 Å². The van der Waals surface area contributed by atoms with E-state index in [4.69, 9.17) is 0 Å². The Hall–Kier alpha value is -1.17. The molecule has 320 valence electrons. The molecule has 54 heavy (non-hydrogen) atoms. The molecule has 0 aliphatic heterocycles. The van der Waals surface area contributed by atoms with Gasteiger partial charge in [0.05, 0.1) is 18.8 Å². The van der Waals surface area contributed by atoms with Gasteiger partial charge in [0.25, 0.3) is 0 Å². The topological polar surface area (TPSA) is 89.8 Å². The highest BCUT2D eigenvalue weighted by Gasteiger charge is 2.23. The minimum atomic E-state index is -1.08. The first-order valence-electron chi connectivity index (χ1n) is 24.1. The van der Waals surface area contributed by atoms with E-state index in [0.717, 1.165) is 38.5 Å². The van der Waals surface area contributed by atoms with Gasteiger partial charge in [0, 0.05) is 0 Å². The minimum absolute atomic E-state index is 0.314. The molecule has 0 aliphatic rings. The molecule has 0 fully saturated rings. The summed E-state index contributed by atoms with van der Waals surface area (Å²) in [5.41, 5.74) is 0. The third-order valence-electron chi connectivity index (χ3n) is 11.3. The lowest BCUT2D eigenvalue weighted by atomic mass is 10.0. The molecular weight excluding hydrogens is 667 g/mol. The highest BCUT2D eigenvalue weighted by atomic mass is 16.3. The molecule has 0 aliphatic carbocycles. The van der Waals surface area contributed by atoms with Gasteiger partial charge in [0.15, 0.2) is 0 Å². The molecule has 0 aromatic rings. The van der Waals surface area contributed by atoms with Crippen molar-refractivity contribution >= 4 is 5.91 Å². The molecule has 0 aromatic heterocycles. The Labute approximate surface area is 337 Å². The zero-order valence-corrected chi connectivity index (χ0v) is 36.4. The standard InChI is InChI=1S/C49H95NO4/c1-3-5-7-9-11-13-15-17-19-21-22-23-24-25-26-27-28-30-32-34-36-38-40-42-44-48(53)49(54)50-46(45-51)47(52)43-41-39-37-35-33-31-29-20-18-16-14-12-10-8-6-4-2/h22-23,25-26,46-48,51-53H,3-21,24,27-45H2,1-2H3,(H,50,54)/b23-22-,26-25-. The number of hydrogen-bond donors (Lipinski definition) is 4. The first-order valence-corrected chi connectivity index (χ1v) is 24.1. The Balaban J connectivity index is 3.60. The summed E-state index contributed by atoms with van der Waals surface area (Å²) < 4.78 is 0. The highest BCUT2D eigenvalue weighted by molar-refractivity contribution is 5.80. The molecule has 0 spiro atoms. The number of allylic oxidation sites excluding steroid dienone is 4. The number of rotatable bonds is 44. The minimum Gasteiger partial charge on any atom is -0.394 e. The fourth-order valence-electron chi connectivity index (χ4n) is 7.52. The van der Waals surface area contributed by atoms with E-state index in [-0.39, 0.29) is 6.61 Å². The van der Waals surface area contributed by atoms with E-state index < -0.39 is 24.2 Å². The van der Waals surface area contributed by atoms with Gasteiger partial charge in [-0.3, -0.25) is 4.79 Å². The average Bonchev–Trinajstić information content (AvgIpc) is 3.18. The van der Waals surface area contributed by atoms with E-state index in [2.05, 4.69) is 43.5 Å². The second-order valence-corrected chi connectivity index (χ2v) is 16.7. The third kappa shape index (κ3) is 39.1. The van der Waals surface area contributed by atoms with Gasteiger partial charge in [0.1, 0.15) is 6.10 Å². The van der Waals surface area contributed by atoms with Gasteiger partial charge in [-0.25, -0.2) is 0 Å². The van der Waals surface area contributed by atoms with E-state index >= 15 is 0 Å². The van der Waals surface area contributed by atoms with Gasteiger partial charge in [-0.15, -0.1) is 0 Å². The zero-order chi connectivity index (χ0) is 39.4. The Bertz CT molecular complexity index is 799. The molecule has 4 N–H and O–H groups in total. The monoisotopic (exact) mass is 762 g/mol. The summed E-state index contributed by atoms with van der Waals surface area (Å²) in [5, 5.41) is 33.4. The van der Waals surface area contributed by atoms with Crippen LogP contribution in [0.4, 0.5) is 0 Å². The van der Waals surface area contributed by atoms with Gasteiger partial charge < -0.3 is 20.6 Å². The number of carbonyl (C=O) groups is 1. The molecule has 0 bridgehead atoms. The molecule has 5 nitrogen and oxygen atoms in total. The highest BCUT2D eigenvalue weighted by Crippen LogP contribution is 2.16. The zero-order valence-electron chi connectivity index (χ0n) is 36.4. The van der Waals surface area contributed by atoms with Crippen LogP contribution >= 0.6 is 0 Å². The lowest BCUT2D eigenvalue weighted by molar-refractivity contribution is -0.131. The summed E-state index contributed by atoms with van der Waals surface area (Å²) in [7, 11) is 0. The number of amides is 1. The van der Waals surface area contributed by atoms with Gasteiger partial charge in [0.2, 0.25) is 5.91 Å². The van der Waals surface area contributed by atoms with Crippen LogP contribution in [-0.4, -0.2) is 46.1 Å². The average molecular weight is 762 g/mol. The number of aliphatic hydroxyl groups is 3. The molecule has 0 saturated heterocycles. The third-order valence-corrected chi connectivity index (χ3v) is 11.3. The molecule has 5 heteroatoms. The van der Waals surface area contributed by atoms with Gasteiger partial charge in [-0.05, 0) is 44.9 Å². The lowest BCUT2D eigenvalue weighted by Crippen LogP contribution is -2.49. The predicted octanol–water partition coefficient (Wildman–Crippen LogP) is 14.2. The molecule has 3 unspecified atom stereocenters. The maximum atomic E-state index is 12.5. The van der Waals surface area contributed by atoms with Crippen LogP contribution in [0.3, 0.4) is 0 Å². The summed E-state index contributed by atoms with van der Waals surface area (Å²) in [6.45, 7) is 4.24. The van der Waals surface area contributed by atoms with Crippen LogP contribution in [0, 0.1) is 0 Å². The molecule has 0 radical (unpaired) electrons. The molecule has 0 saturated carbocycles. The Kier molecular flexibility index (Phi) is 43.6. The normalized spacial score (nSPS) is 13.6. The van der Waals surface area contributed by atoms with Crippen LogP contribution in [0.15, 0.2) is 24.3 Å². The summed E-state index contributed by atoms with van der Waals surface area (Å²) in [6, 6.07) is -0.713. The second kappa shape index (κ2) is 44.5. The van der Waals surface area contributed by atoms with Gasteiger partial charge in [-0.1, -0.05) is 237 Å². The largest absolute Gasteiger partial charge is 0.394 e. The van der Waals surface area contributed by atoms with Crippen molar-refractivity contribution in [3.8, 4) is 0 Å². The van der Waals surface area contributed by atoms with Crippen molar-refractivity contribution in [2.24, 2.45) is 0 Å². The van der Waals surface area contributed by atoms with Crippen LogP contribution in [0.2, 0.25) is 0 Å². The van der Waals surface area contributed by atoms with Crippen LogP contribution in [0.25, 0.3) is 0 Å². The van der Waals surface area contributed by atoms with E-state index in [1.54, 1.807) is 0 Å². The molecule has 0 rings (SSSR count). The first kappa shape index (κ1) is 52.8. The van der Waals surface area contributed by atoms with Crippen molar-refractivity contribution < 1.29 is 20.1 Å². The first-order chi connectivity index (χ1) is 26.6. The van der Waals surface area contributed by atoms with E-state index in [0.29, 0.717) is 12.8 Å². The van der Waals surface area contributed by atoms with Crippen molar-refractivity contribution in [3.05, 3.63) is 24.3 Å². The smallest absolute Gasteiger partial charge is 0.249 e. The van der Waals surface area contributed by atoms with E-state index in [9.17, 15) is 20.1 Å².